The van der Waals surface area contributed by atoms with Crippen molar-refractivity contribution in [2.45, 2.75) is 33.4 Å². The maximum absolute atomic E-state index is 13.2. The highest BCUT2D eigenvalue weighted by Gasteiger charge is 2.20. The van der Waals surface area contributed by atoms with E-state index in [2.05, 4.69) is 15.2 Å². The van der Waals surface area contributed by atoms with Gasteiger partial charge in [0.25, 0.3) is 11.8 Å². The summed E-state index contributed by atoms with van der Waals surface area (Å²) in [7, 11) is 0. The minimum atomic E-state index is -0.130. The Hall–Kier alpha value is -3.46. The first-order valence-electron chi connectivity index (χ1n) is 9.91. The lowest BCUT2D eigenvalue weighted by Gasteiger charge is -2.20. The molecule has 3 heterocycles. The fourth-order valence-electron chi connectivity index (χ4n) is 3.04. The second-order valence-electron chi connectivity index (χ2n) is 6.88. The van der Waals surface area contributed by atoms with Crippen LogP contribution in [0.1, 0.15) is 40.3 Å². The van der Waals surface area contributed by atoms with Gasteiger partial charge in [-0.2, -0.15) is 0 Å². The molecule has 0 aliphatic heterocycles. The molecule has 0 spiro atoms. The molecule has 8 nitrogen and oxygen atoms in total. The third-order valence-corrected chi connectivity index (χ3v) is 5.26. The molecule has 0 aliphatic rings. The number of nitrogens with zero attached hydrogens (tertiary/aromatic N) is 4. The Balaban J connectivity index is 1.45. The summed E-state index contributed by atoms with van der Waals surface area (Å²) >= 11 is 1.58. The number of benzene rings is 1. The zero-order chi connectivity index (χ0) is 21.6. The molecule has 0 saturated carbocycles. The number of carbonyl (C=O) groups excluding carboxylic acids is 1. The normalized spacial score (nSPS) is 10.9. The van der Waals surface area contributed by atoms with Crippen LogP contribution in [0.15, 0.2) is 56.9 Å². The van der Waals surface area contributed by atoms with E-state index in [9.17, 15) is 4.79 Å². The number of rotatable bonds is 9. The van der Waals surface area contributed by atoms with Crippen LogP contribution in [-0.2, 0) is 13.2 Å². The van der Waals surface area contributed by atoms with Crippen molar-refractivity contribution < 1.29 is 18.4 Å². The fraction of sp³-hybridized carbons (Fsp3) is 0.273. The van der Waals surface area contributed by atoms with Gasteiger partial charge in [0.05, 0.1) is 23.5 Å². The Morgan fingerprint density at radius 1 is 1.23 bits per heavy atom. The number of amides is 1. The molecule has 0 fully saturated rings. The van der Waals surface area contributed by atoms with Crippen LogP contribution in [-0.4, -0.2) is 32.5 Å². The SMILES string of the molecule is CCCN(Cc1nnc(-c2ccco2)o1)C(=O)c1cccc(OCc2csc(C)n2)c1. The van der Waals surface area contributed by atoms with Gasteiger partial charge in [-0.15, -0.1) is 21.5 Å². The monoisotopic (exact) mass is 438 g/mol. The predicted molar refractivity (Wildman–Crippen MR) is 115 cm³/mol. The molecule has 0 aliphatic carbocycles. The van der Waals surface area contributed by atoms with Crippen molar-refractivity contribution in [2.75, 3.05) is 6.54 Å². The van der Waals surface area contributed by atoms with Gasteiger partial charge in [-0.25, -0.2) is 4.98 Å². The molecule has 160 valence electrons. The van der Waals surface area contributed by atoms with Crippen molar-refractivity contribution in [3.8, 4) is 17.4 Å². The van der Waals surface area contributed by atoms with Crippen LogP contribution in [0.3, 0.4) is 0 Å². The lowest BCUT2D eigenvalue weighted by Crippen LogP contribution is -2.31. The molecule has 4 aromatic rings. The lowest BCUT2D eigenvalue weighted by molar-refractivity contribution is 0.0728. The molecule has 3 aromatic heterocycles. The van der Waals surface area contributed by atoms with Crippen molar-refractivity contribution >= 4 is 17.2 Å². The van der Waals surface area contributed by atoms with E-state index in [-0.39, 0.29) is 18.3 Å². The van der Waals surface area contributed by atoms with Crippen LogP contribution in [0.4, 0.5) is 0 Å². The number of carbonyl (C=O) groups is 1. The van der Waals surface area contributed by atoms with Gasteiger partial charge in [0.1, 0.15) is 12.4 Å². The van der Waals surface area contributed by atoms with E-state index in [4.69, 9.17) is 13.6 Å². The second kappa shape index (κ2) is 9.57. The minimum absolute atomic E-state index is 0.130. The molecule has 4 rings (SSSR count). The molecule has 0 N–H and O–H groups in total. The van der Waals surface area contributed by atoms with Crippen LogP contribution < -0.4 is 4.74 Å². The smallest absolute Gasteiger partial charge is 0.283 e. The number of hydrogen-bond acceptors (Lipinski definition) is 8. The molecule has 1 amide bonds. The first kappa shape index (κ1) is 20.8. The van der Waals surface area contributed by atoms with E-state index in [1.54, 1.807) is 46.6 Å². The molecule has 0 bridgehead atoms. The number of thiazole rings is 1. The highest BCUT2D eigenvalue weighted by molar-refractivity contribution is 7.09. The third-order valence-electron chi connectivity index (χ3n) is 4.44. The number of aryl methyl sites for hydroxylation is 1. The van der Waals surface area contributed by atoms with Crippen molar-refractivity contribution in [1.82, 2.24) is 20.1 Å². The molecular weight excluding hydrogens is 416 g/mol. The number of aromatic nitrogens is 3. The summed E-state index contributed by atoms with van der Waals surface area (Å²) in [5, 5.41) is 11.0. The minimum Gasteiger partial charge on any atom is -0.487 e. The maximum atomic E-state index is 13.2. The predicted octanol–water partition coefficient (Wildman–Crippen LogP) is 4.73. The summed E-state index contributed by atoms with van der Waals surface area (Å²) in [4.78, 5) is 19.2. The van der Waals surface area contributed by atoms with E-state index >= 15 is 0 Å². The van der Waals surface area contributed by atoms with Crippen molar-refractivity contribution in [3.63, 3.8) is 0 Å². The van der Waals surface area contributed by atoms with Gasteiger partial charge >= 0.3 is 0 Å². The van der Waals surface area contributed by atoms with Gasteiger partial charge < -0.3 is 18.5 Å². The Kier molecular flexibility index (Phi) is 6.42. The van der Waals surface area contributed by atoms with Crippen LogP contribution in [0, 0.1) is 6.92 Å². The van der Waals surface area contributed by atoms with Crippen LogP contribution in [0.2, 0.25) is 0 Å². The Labute approximate surface area is 183 Å². The summed E-state index contributed by atoms with van der Waals surface area (Å²) < 4.78 is 16.8. The highest BCUT2D eigenvalue weighted by atomic mass is 32.1. The molecule has 1 aromatic carbocycles. The maximum Gasteiger partial charge on any atom is 0.283 e. The van der Waals surface area contributed by atoms with E-state index in [1.807, 2.05) is 25.3 Å². The summed E-state index contributed by atoms with van der Waals surface area (Å²) in [5.41, 5.74) is 1.40. The zero-order valence-corrected chi connectivity index (χ0v) is 18.1. The number of hydrogen-bond donors (Lipinski definition) is 0. The largest absolute Gasteiger partial charge is 0.487 e. The lowest BCUT2D eigenvalue weighted by atomic mass is 10.2. The Morgan fingerprint density at radius 2 is 2.13 bits per heavy atom. The van der Waals surface area contributed by atoms with Crippen LogP contribution in [0.5, 0.6) is 5.75 Å². The van der Waals surface area contributed by atoms with Gasteiger partial charge in [0.2, 0.25) is 5.89 Å². The number of ether oxygens (including phenoxy) is 1. The van der Waals surface area contributed by atoms with Gasteiger partial charge in [-0.05, 0) is 43.7 Å². The fourth-order valence-corrected chi connectivity index (χ4v) is 3.63. The van der Waals surface area contributed by atoms with E-state index in [1.165, 1.54) is 6.26 Å². The van der Waals surface area contributed by atoms with E-state index < -0.39 is 0 Å². The molecule has 9 heteroatoms. The molecule has 0 unspecified atom stereocenters. The third kappa shape index (κ3) is 5.18. The summed E-state index contributed by atoms with van der Waals surface area (Å²) in [6.07, 6.45) is 2.33. The van der Waals surface area contributed by atoms with Crippen molar-refractivity contribution in [3.05, 3.63) is 70.2 Å². The van der Waals surface area contributed by atoms with Crippen LogP contribution >= 0.6 is 11.3 Å². The summed E-state index contributed by atoms with van der Waals surface area (Å²) in [6.45, 7) is 5.09. The average molecular weight is 439 g/mol. The topological polar surface area (TPSA) is 94.5 Å². The van der Waals surface area contributed by atoms with Gasteiger partial charge in [0.15, 0.2) is 5.76 Å². The van der Waals surface area contributed by atoms with E-state index in [0.717, 1.165) is 17.1 Å². The number of furan rings is 1. The molecule has 0 saturated heterocycles. The van der Waals surface area contributed by atoms with E-state index in [0.29, 0.717) is 36.1 Å². The molecule has 0 radical (unpaired) electrons. The van der Waals surface area contributed by atoms with Gasteiger partial charge in [-0.3, -0.25) is 4.79 Å². The molecule has 31 heavy (non-hydrogen) atoms. The first-order chi connectivity index (χ1) is 15.1. The zero-order valence-electron chi connectivity index (χ0n) is 17.3. The molecular formula is C22H22N4O4S. The van der Waals surface area contributed by atoms with Crippen molar-refractivity contribution in [1.29, 1.82) is 0 Å². The quantitative estimate of drug-likeness (QED) is 0.373. The van der Waals surface area contributed by atoms with Crippen molar-refractivity contribution in [2.24, 2.45) is 0 Å². The summed E-state index contributed by atoms with van der Waals surface area (Å²) in [6, 6.07) is 10.6. The summed E-state index contributed by atoms with van der Waals surface area (Å²) in [5.74, 6) is 1.61. The van der Waals surface area contributed by atoms with Crippen LogP contribution in [0.25, 0.3) is 11.7 Å². The highest BCUT2D eigenvalue weighted by Crippen LogP contribution is 2.21. The standard InChI is InChI=1S/C22H22N4O4S/c1-3-9-26(12-20-24-25-21(30-20)19-8-5-10-28-19)22(27)16-6-4-7-18(11-16)29-13-17-14-31-15(2)23-17/h4-8,10-11,14H,3,9,12-13H2,1-2H3. The molecule has 0 atom stereocenters. The first-order valence-corrected chi connectivity index (χ1v) is 10.8. The average Bonchev–Trinajstić information content (AvgIpc) is 3.54. The van der Waals surface area contributed by atoms with Gasteiger partial charge in [0, 0.05) is 17.5 Å². The second-order valence-corrected chi connectivity index (χ2v) is 7.94. The van der Waals surface area contributed by atoms with Gasteiger partial charge in [-0.1, -0.05) is 13.0 Å². The Bertz CT molecular complexity index is 1140. The Morgan fingerprint density at radius 3 is 2.87 bits per heavy atom.